The van der Waals surface area contributed by atoms with Gasteiger partial charge in [0.25, 0.3) is 0 Å². The summed E-state index contributed by atoms with van der Waals surface area (Å²) in [4.78, 5) is 30.5. The first-order chi connectivity index (χ1) is 15.5. The van der Waals surface area contributed by atoms with Gasteiger partial charge in [-0.3, -0.25) is 4.98 Å². The number of benzene rings is 1. The van der Waals surface area contributed by atoms with Gasteiger partial charge >= 0.3 is 5.97 Å². The van der Waals surface area contributed by atoms with Crippen LogP contribution >= 0.6 is 0 Å². The number of anilines is 3. The quantitative estimate of drug-likeness (QED) is 0.461. The van der Waals surface area contributed by atoms with Crippen molar-refractivity contribution in [2.24, 2.45) is 0 Å². The highest BCUT2D eigenvalue weighted by atomic mass is 19.1. The maximum absolute atomic E-state index is 14.8. The van der Waals surface area contributed by atoms with Crippen LogP contribution < -0.4 is 10.6 Å². The van der Waals surface area contributed by atoms with Gasteiger partial charge in [-0.25, -0.2) is 24.1 Å². The van der Waals surface area contributed by atoms with E-state index in [1.165, 1.54) is 13.2 Å². The first-order valence-electron chi connectivity index (χ1n) is 9.63. The Kier molecular flexibility index (Phi) is 5.98. The number of hydrogen-bond acceptors (Lipinski definition) is 8. The molecule has 0 unspecified atom stereocenters. The molecule has 0 radical (unpaired) electrons. The molecule has 0 saturated heterocycles. The Morgan fingerprint density at radius 2 is 1.81 bits per heavy atom. The zero-order valence-corrected chi connectivity index (χ0v) is 17.1. The Hall–Kier alpha value is -4.40. The van der Waals surface area contributed by atoms with E-state index in [4.69, 9.17) is 5.73 Å². The molecule has 0 amide bonds. The molecule has 9 heteroatoms. The van der Waals surface area contributed by atoms with E-state index in [-0.39, 0.29) is 12.1 Å². The first kappa shape index (κ1) is 20.9. The molecule has 0 aliphatic rings. The smallest absolute Gasteiger partial charge is 0.337 e. The van der Waals surface area contributed by atoms with E-state index in [9.17, 15) is 9.18 Å². The van der Waals surface area contributed by atoms with Crippen LogP contribution in [-0.4, -0.2) is 33.0 Å². The molecular weight excluding hydrogens is 411 g/mol. The van der Waals surface area contributed by atoms with E-state index < -0.39 is 11.8 Å². The topological polar surface area (TPSA) is 107 Å². The lowest BCUT2D eigenvalue weighted by Crippen LogP contribution is -2.20. The molecule has 0 saturated carbocycles. The van der Waals surface area contributed by atoms with Crippen molar-refractivity contribution in [3.8, 4) is 11.1 Å². The largest absolute Gasteiger partial charge is 0.465 e. The lowest BCUT2D eigenvalue weighted by Gasteiger charge is -2.23. The molecule has 0 fully saturated rings. The van der Waals surface area contributed by atoms with Gasteiger partial charge in [-0.05, 0) is 42.0 Å². The lowest BCUT2D eigenvalue weighted by molar-refractivity contribution is 0.0600. The average molecular weight is 430 g/mol. The van der Waals surface area contributed by atoms with Gasteiger partial charge in [0, 0.05) is 35.9 Å². The van der Waals surface area contributed by atoms with Crippen molar-refractivity contribution >= 4 is 23.4 Å². The summed E-state index contributed by atoms with van der Waals surface area (Å²) in [5.74, 6) is 0.309. The predicted octanol–water partition coefficient (Wildman–Crippen LogP) is 3.78. The van der Waals surface area contributed by atoms with Crippen LogP contribution in [0.5, 0.6) is 0 Å². The Bertz CT molecular complexity index is 1230. The van der Waals surface area contributed by atoms with Crippen LogP contribution in [0.25, 0.3) is 11.1 Å². The van der Waals surface area contributed by atoms with E-state index in [2.05, 4.69) is 24.7 Å². The summed E-state index contributed by atoms with van der Waals surface area (Å²) in [6.45, 7) is 0.114. The fourth-order valence-electron chi connectivity index (χ4n) is 3.12. The van der Waals surface area contributed by atoms with Crippen molar-refractivity contribution in [3.63, 3.8) is 0 Å². The second-order valence-corrected chi connectivity index (χ2v) is 6.82. The SMILES string of the molecule is COC(=O)c1ccc(CN(c2cnccn2)c2cc(-c3ccc(N)nc3)ccn2)c(F)c1. The molecule has 0 atom stereocenters. The standard InChI is InChI=1S/C23H19FN6O2/c1-32-23(31)16-2-3-18(19(24)10-16)14-30(22-13-26-8-9-28-22)21-11-15(6-7-27-21)17-4-5-20(25)29-12-17/h2-13H,14H2,1H3,(H2,25,29). The minimum absolute atomic E-state index is 0.114. The van der Waals surface area contributed by atoms with E-state index in [0.29, 0.717) is 23.0 Å². The van der Waals surface area contributed by atoms with Gasteiger partial charge in [0.05, 0.1) is 25.4 Å². The molecule has 0 bridgehead atoms. The highest BCUT2D eigenvalue weighted by Gasteiger charge is 2.18. The summed E-state index contributed by atoms with van der Waals surface area (Å²) < 4.78 is 19.5. The molecule has 2 N–H and O–H groups in total. The van der Waals surface area contributed by atoms with Crippen LogP contribution in [0.1, 0.15) is 15.9 Å². The van der Waals surface area contributed by atoms with Gasteiger partial charge in [0.15, 0.2) is 5.82 Å². The maximum Gasteiger partial charge on any atom is 0.337 e. The van der Waals surface area contributed by atoms with Gasteiger partial charge in [-0.1, -0.05) is 6.07 Å². The van der Waals surface area contributed by atoms with Crippen molar-refractivity contribution in [3.05, 3.63) is 90.4 Å². The Labute approximate surface area is 183 Å². The maximum atomic E-state index is 14.8. The molecule has 4 aromatic rings. The van der Waals surface area contributed by atoms with E-state index in [1.54, 1.807) is 48.0 Å². The molecule has 1 aromatic carbocycles. The molecule has 3 aromatic heterocycles. The van der Waals surface area contributed by atoms with Crippen molar-refractivity contribution in [2.75, 3.05) is 17.7 Å². The number of ether oxygens (including phenoxy) is 1. The molecule has 0 aliphatic heterocycles. The molecule has 160 valence electrons. The molecule has 4 rings (SSSR count). The molecule has 3 heterocycles. The number of rotatable bonds is 6. The third kappa shape index (κ3) is 4.51. The number of carbonyl (C=O) groups is 1. The number of pyridine rings is 2. The van der Waals surface area contributed by atoms with Gasteiger partial charge in [-0.15, -0.1) is 0 Å². The van der Waals surface area contributed by atoms with Gasteiger partial charge in [0.2, 0.25) is 0 Å². The zero-order valence-electron chi connectivity index (χ0n) is 17.1. The van der Waals surface area contributed by atoms with E-state index in [1.807, 2.05) is 18.2 Å². The Balaban J connectivity index is 1.72. The predicted molar refractivity (Wildman–Crippen MR) is 117 cm³/mol. The van der Waals surface area contributed by atoms with Crippen molar-refractivity contribution in [1.82, 2.24) is 19.9 Å². The normalized spacial score (nSPS) is 10.6. The van der Waals surface area contributed by atoms with Crippen LogP contribution in [0.15, 0.2) is 73.4 Å². The van der Waals surface area contributed by atoms with Crippen LogP contribution in [0.2, 0.25) is 0 Å². The number of halogens is 1. The average Bonchev–Trinajstić information content (AvgIpc) is 2.84. The number of nitrogens with zero attached hydrogens (tertiary/aromatic N) is 5. The monoisotopic (exact) mass is 430 g/mol. The molecule has 8 nitrogen and oxygen atoms in total. The summed E-state index contributed by atoms with van der Waals surface area (Å²) in [7, 11) is 1.25. The van der Waals surface area contributed by atoms with Gasteiger partial charge < -0.3 is 15.4 Å². The fraction of sp³-hybridized carbons (Fsp3) is 0.0870. The zero-order chi connectivity index (χ0) is 22.5. The van der Waals surface area contributed by atoms with Gasteiger partial charge in [-0.2, -0.15) is 0 Å². The number of nitrogens with two attached hydrogens (primary N) is 1. The summed E-state index contributed by atoms with van der Waals surface area (Å²) in [5, 5.41) is 0. The van der Waals surface area contributed by atoms with E-state index >= 15 is 0 Å². The highest BCUT2D eigenvalue weighted by molar-refractivity contribution is 5.89. The fourth-order valence-corrected chi connectivity index (χ4v) is 3.12. The molecule has 32 heavy (non-hydrogen) atoms. The highest BCUT2D eigenvalue weighted by Crippen LogP contribution is 2.28. The van der Waals surface area contributed by atoms with Crippen LogP contribution in [0, 0.1) is 5.82 Å². The number of carbonyl (C=O) groups excluding carboxylic acids is 1. The summed E-state index contributed by atoms with van der Waals surface area (Å²) in [6.07, 6.45) is 8.00. The third-order valence-electron chi connectivity index (χ3n) is 4.77. The molecule has 0 aliphatic carbocycles. The lowest BCUT2D eigenvalue weighted by atomic mass is 10.1. The Morgan fingerprint density at radius 3 is 2.50 bits per heavy atom. The number of methoxy groups -OCH3 is 1. The van der Waals surface area contributed by atoms with Crippen molar-refractivity contribution in [2.45, 2.75) is 6.54 Å². The van der Waals surface area contributed by atoms with Crippen LogP contribution in [-0.2, 0) is 11.3 Å². The van der Waals surface area contributed by atoms with Gasteiger partial charge in [0.1, 0.15) is 17.5 Å². The third-order valence-corrected chi connectivity index (χ3v) is 4.77. The minimum atomic E-state index is -0.604. The van der Waals surface area contributed by atoms with Crippen LogP contribution in [0.3, 0.4) is 0 Å². The summed E-state index contributed by atoms with van der Waals surface area (Å²) >= 11 is 0. The number of nitrogen functional groups attached to an aromatic ring is 1. The minimum Gasteiger partial charge on any atom is -0.465 e. The van der Waals surface area contributed by atoms with Crippen molar-refractivity contribution in [1.29, 1.82) is 0 Å². The van der Waals surface area contributed by atoms with Crippen molar-refractivity contribution < 1.29 is 13.9 Å². The summed E-state index contributed by atoms with van der Waals surface area (Å²) in [5.41, 5.74) is 7.89. The Morgan fingerprint density at radius 1 is 0.969 bits per heavy atom. The number of hydrogen-bond donors (Lipinski definition) is 1. The molecular formula is C23H19FN6O2. The second-order valence-electron chi connectivity index (χ2n) is 6.82. The number of esters is 1. The first-order valence-corrected chi connectivity index (χ1v) is 9.63. The number of aromatic nitrogens is 4. The van der Waals surface area contributed by atoms with Crippen LogP contribution in [0.4, 0.5) is 21.8 Å². The van der Waals surface area contributed by atoms with E-state index in [0.717, 1.165) is 17.2 Å². The summed E-state index contributed by atoms with van der Waals surface area (Å²) in [6, 6.07) is 11.5. The second kappa shape index (κ2) is 9.17. The molecule has 0 spiro atoms.